The van der Waals surface area contributed by atoms with Gasteiger partial charge < -0.3 is 15.1 Å². The highest BCUT2D eigenvalue weighted by Gasteiger charge is 2.31. The van der Waals surface area contributed by atoms with Crippen LogP contribution in [-0.2, 0) is 0 Å². The molecule has 1 aromatic rings. The molecule has 0 radical (unpaired) electrons. The lowest BCUT2D eigenvalue weighted by atomic mass is 9.93. The molecular formula is C19H32N4. The maximum atomic E-state index is 4.95. The smallest absolute Gasteiger partial charge is 0.194 e. The molecule has 0 amide bonds. The Hall–Kier alpha value is -1.55. The molecular weight excluding hydrogens is 284 g/mol. The second kappa shape index (κ2) is 7.82. The molecule has 1 heterocycles. The third-order valence-electron chi connectivity index (χ3n) is 4.53. The van der Waals surface area contributed by atoms with Crippen LogP contribution in [0, 0.1) is 5.41 Å². The van der Waals surface area contributed by atoms with Crippen LogP contribution >= 0.6 is 0 Å². The Balaban J connectivity index is 2.12. The predicted octanol–water partition coefficient (Wildman–Crippen LogP) is 2.99. The van der Waals surface area contributed by atoms with Crippen molar-refractivity contribution in [3.63, 3.8) is 0 Å². The Morgan fingerprint density at radius 3 is 2.52 bits per heavy atom. The van der Waals surface area contributed by atoms with Crippen molar-refractivity contribution < 1.29 is 0 Å². The van der Waals surface area contributed by atoms with E-state index >= 15 is 0 Å². The summed E-state index contributed by atoms with van der Waals surface area (Å²) >= 11 is 0. The molecule has 4 nitrogen and oxygen atoms in total. The molecule has 0 saturated carbocycles. The second-order valence-electron chi connectivity index (χ2n) is 7.42. The quantitative estimate of drug-likeness (QED) is 0.669. The minimum atomic E-state index is 0.306. The summed E-state index contributed by atoms with van der Waals surface area (Å²) in [6, 6.07) is 10.9. The van der Waals surface area contributed by atoms with Crippen LogP contribution in [0.15, 0.2) is 35.3 Å². The largest absolute Gasteiger partial charge is 0.357 e. The van der Waals surface area contributed by atoms with Crippen LogP contribution in [-0.4, -0.2) is 56.0 Å². The fourth-order valence-electron chi connectivity index (χ4n) is 3.13. The van der Waals surface area contributed by atoms with Gasteiger partial charge in [-0.15, -0.1) is 0 Å². The second-order valence-corrected chi connectivity index (χ2v) is 7.42. The van der Waals surface area contributed by atoms with E-state index in [0.29, 0.717) is 11.5 Å². The van der Waals surface area contributed by atoms with Crippen LogP contribution in [0.4, 0.5) is 0 Å². The molecule has 4 heteroatoms. The van der Waals surface area contributed by atoms with Crippen molar-refractivity contribution in [1.29, 1.82) is 0 Å². The summed E-state index contributed by atoms with van der Waals surface area (Å²) in [4.78, 5) is 9.60. The van der Waals surface area contributed by atoms with Crippen LogP contribution in [0.1, 0.15) is 38.8 Å². The van der Waals surface area contributed by atoms with E-state index < -0.39 is 0 Å². The Morgan fingerprint density at radius 2 is 2.00 bits per heavy atom. The Morgan fingerprint density at radius 1 is 1.30 bits per heavy atom. The zero-order valence-corrected chi connectivity index (χ0v) is 15.3. The summed E-state index contributed by atoms with van der Waals surface area (Å²) in [7, 11) is 4.25. The van der Waals surface area contributed by atoms with Crippen LogP contribution in [0.5, 0.6) is 0 Å². The molecule has 0 spiro atoms. The van der Waals surface area contributed by atoms with Crippen LogP contribution in [0.25, 0.3) is 0 Å². The number of rotatable bonds is 5. The van der Waals surface area contributed by atoms with Crippen molar-refractivity contribution in [3.05, 3.63) is 35.9 Å². The van der Waals surface area contributed by atoms with Gasteiger partial charge in [-0.2, -0.15) is 0 Å². The highest BCUT2D eigenvalue weighted by Crippen LogP contribution is 2.28. The maximum absolute atomic E-state index is 4.95. The zero-order chi connectivity index (χ0) is 16.9. The van der Waals surface area contributed by atoms with E-state index in [1.807, 2.05) is 0 Å². The van der Waals surface area contributed by atoms with Gasteiger partial charge in [-0.25, -0.2) is 0 Å². The van der Waals surface area contributed by atoms with Crippen molar-refractivity contribution >= 4 is 5.96 Å². The van der Waals surface area contributed by atoms with E-state index in [-0.39, 0.29) is 0 Å². The number of nitrogens with one attached hydrogen (secondary N) is 1. The maximum Gasteiger partial charge on any atom is 0.194 e. The zero-order valence-electron chi connectivity index (χ0n) is 15.3. The lowest BCUT2D eigenvalue weighted by Gasteiger charge is -2.26. The number of benzene rings is 1. The number of hydrogen-bond acceptors (Lipinski definition) is 2. The van der Waals surface area contributed by atoms with Gasteiger partial charge >= 0.3 is 0 Å². The molecule has 1 aliphatic heterocycles. The summed E-state index contributed by atoms with van der Waals surface area (Å²) in [6.07, 6.45) is 1.23. The highest BCUT2D eigenvalue weighted by molar-refractivity contribution is 5.80. The van der Waals surface area contributed by atoms with Crippen molar-refractivity contribution in [1.82, 2.24) is 15.1 Å². The van der Waals surface area contributed by atoms with E-state index in [1.54, 1.807) is 0 Å². The summed E-state index contributed by atoms with van der Waals surface area (Å²) in [5.74, 6) is 1.06. The van der Waals surface area contributed by atoms with Gasteiger partial charge in [-0.05, 0) is 38.4 Å². The van der Waals surface area contributed by atoms with Gasteiger partial charge in [0.2, 0.25) is 0 Å². The molecule has 0 aliphatic carbocycles. The first-order valence-electron chi connectivity index (χ1n) is 8.67. The van der Waals surface area contributed by atoms with Crippen molar-refractivity contribution in [2.75, 3.05) is 40.3 Å². The van der Waals surface area contributed by atoms with Gasteiger partial charge in [0.05, 0.1) is 12.6 Å². The first kappa shape index (κ1) is 17.8. The lowest BCUT2D eigenvalue weighted by Crippen LogP contribution is -2.41. The fourth-order valence-corrected chi connectivity index (χ4v) is 3.13. The number of likely N-dealkylation sites (N-methyl/N-ethyl adjacent to an activating group) is 1. The third kappa shape index (κ3) is 4.96. The predicted molar refractivity (Wildman–Crippen MR) is 98.8 cm³/mol. The first-order chi connectivity index (χ1) is 10.9. The molecule has 128 valence electrons. The monoisotopic (exact) mass is 316 g/mol. The summed E-state index contributed by atoms with van der Waals surface area (Å²) < 4.78 is 0. The number of likely N-dealkylation sites (tertiary alicyclic amines) is 1. The molecule has 0 bridgehead atoms. The average molecular weight is 316 g/mol. The minimum Gasteiger partial charge on any atom is -0.357 e. The number of aliphatic imine (C=N–C) groups is 1. The number of guanidine groups is 1. The summed E-state index contributed by atoms with van der Waals surface area (Å²) in [6.45, 7) is 10.7. The van der Waals surface area contributed by atoms with Crippen LogP contribution in [0.2, 0.25) is 0 Å². The van der Waals surface area contributed by atoms with E-state index in [4.69, 9.17) is 4.99 Å². The van der Waals surface area contributed by atoms with Gasteiger partial charge in [0, 0.05) is 19.6 Å². The van der Waals surface area contributed by atoms with E-state index in [2.05, 4.69) is 80.3 Å². The van der Waals surface area contributed by atoms with Gasteiger partial charge in [-0.3, -0.25) is 4.99 Å². The Kier molecular flexibility index (Phi) is 6.05. The first-order valence-corrected chi connectivity index (χ1v) is 8.67. The molecule has 1 fully saturated rings. The standard InChI is InChI=1S/C19H32N4/c1-6-20-18(23-13-12-19(2,3)15-23)21-14-17(22(4)5)16-10-8-7-9-11-16/h7-11,17H,6,12-15H2,1-5H3,(H,20,21). The van der Waals surface area contributed by atoms with Crippen LogP contribution < -0.4 is 5.32 Å². The highest BCUT2D eigenvalue weighted by atomic mass is 15.3. The van der Waals surface area contributed by atoms with Gasteiger partial charge in [0.25, 0.3) is 0 Å². The lowest BCUT2D eigenvalue weighted by molar-refractivity contribution is 0.304. The van der Waals surface area contributed by atoms with E-state index in [0.717, 1.165) is 32.1 Å². The van der Waals surface area contributed by atoms with Gasteiger partial charge in [0.1, 0.15) is 0 Å². The average Bonchev–Trinajstić information content (AvgIpc) is 2.87. The molecule has 23 heavy (non-hydrogen) atoms. The number of nitrogens with zero attached hydrogens (tertiary/aromatic N) is 3. The Bertz CT molecular complexity index is 507. The van der Waals surface area contributed by atoms with Crippen molar-refractivity contribution in [2.24, 2.45) is 10.4 Å². The van der Waals surface area contributed by atoms with Crippen molar-refractivity contribution in [2.45, 2.75) is 33.2 Å². The fraction of sp³-hybridized carbons (Fsp3) is 0.632. The molecule has 1 N–H and O–H groups in total. The molecule has 2 rings (SSSR count). The van der Waals surface area contributed by atoms with Gasteiger partial charge in [0.15, 0.2) is 5.96 Å². The SMILES string of the molecule is CCNC(=NCC(c1ccccc1)N(C)C)N1CCC(C)(C)C1. The Labute approximate surface area is 141 Å². The van der Waals surface area contributed by atoms with Crippen molar-refractivity contribution in [3.8, 4) is 0 Å². The molecule has 1 aromatic carbocycles. The number of hydrogen-bond donors (Lipinski definition) is 1. The third-order valence-corrected chi connectivity index (χ3v) is 4.53. The van der Waals surface area contributed by atoms with E-state index in [1.165, 1.54) is 12.0 Å². The molecule has 1 unspecified atom stereocenters. The topological polar surface area (TPSA) is 30.9 Å². The minimum absolute atomic E-state index is 0.306. The molecule has 1 saturated heterocycles. The molecule has 1 atom stereocenters. The van der Waals surface area contributed by atoms with Crippen LogP contribution in [0.3, 0.4) is 0 Å². The molecule has 0 aromatic heterocycles. The van der Waals surface area contributed by atoms with Gasteiger partial charge in [-0.1, -0.05) is 44.2 Å². The van der Waals surface area contributed by atoms with E-state index in [9.17, 15) is 0 Å². The summed E-state index contributed by atoms with van der Waals surface area (Å²) in [5, 5.41) is 3.47. The molecule has 1 aliphatic rings. The summed E-state index contributed by atoms with van der Waals surface area (Å²) in [5.41, 5.74) is 1.70. The normalized spacial score (nSPS) is 19.2.